The molecule has 0 fully saturated rings. The van der Waals surface area contributed by atoms with E-state index in [0.29, 0.717) is 13.0 Å². The van der Waals surface area contributed by atoms with Gasteiger partial charge in [-0.3, -0.25) is 4.79 Å². The van der Waals surface area contributed by atoms with Crippen molar-refractivity contribution < 1.29 is 4.79 Å². The lowest BCUT2D eigenvalue weighted by Gasteiger charge is -2.26. The van der Waals surface area contributed by atoms with E-state index in [0.717, 1.165) is 30.0 Å². The molecule has 0 radical (unpaired) electrons. The third-order valence-electron chi connectivity index (χ3n) is 4.19. The first-order valence-corrected chi connectivity index (χ1v) is 8.95. The molecule has 140 valence electrons. The number of nitrogens with one attached hydrogen (secondary N) is 1. The highest BCUT2D eigenvalue weighted by atomic mass is 35.5. The highest BCUT2D eigenvalue weighted by Gasteiger charge is 2.21. The Bertz CT molecular complexity index is 630. The molecule has 0 unspecified atom stereocenters. The van der Waals surface area contributed by atoms with E-state index < -0.39 is 0 Å². The minimum atomic E-state index is -0.309. The number of amides is 1. The fraction of sp³-hybridized carbons (Fsp3) is 0.444. The summed E-state index contributed by atoms with van der Waals surface area (Å²) in [5, 5.41) is 5.94. The predicted octanol–water partition coefficient (Wildman–Crippen LogP) is 3.75. The van der Waals surface area contributed by atoms with Crippen molar-refractivity contribution in [2.24, 2.45) is 5.73 Å². The molecule has 2 aromatic rings. The van der Waals surface area contributed by atoms with Crippen LogP contribution in [0.1, 0.15) is 43.0 Å². The van der Waals surface area contributed by atoms with Gasteiger partial charge in [-0.1, -0.05) is 44.2 Å². The third-order valence-corrected chi connectivity index (χ3v) is 5.08. The topological polar surface area (TPSA) is 68.0 Å². The van der Waals surface area contributed by atoms with Crippen LogP contribution in [0.25, 0.3) is 0 Å². The summed E-state index contributed by atoms with van der Waals surface area (Å²) in [6, 6.07) is 10.2. The Morgan fingerprint density at radius 3 is 2.44 bits per heavy atom. The summed E-state index contributed by atoms with van der Waals surface area (Å²) < 4.78 is 0. The van der Waals surface area contributed by atoms with Gasteiger partial charge < -0.3 is 11.1 Å². The lowest BCUT2D eigenvalue weighted by Crippen LogP contribution is -2.49. The maximum absolute atomic E-state index is 12.1. The molecule has 1 heterocycles. The average molecular weight is 404 g/mol. The number of nitrogens with zero attached hydrogens (tertiary/aromatic N) is 1. The van der Waals surface area contributed by atoms with Crippen LogP contribution in [0.3, 0.4) is 0 Å². The summed E-state index contributed by atoms with van der Waals surface area (Å²) in [4.78, 5) is 16.6. The fourth-order valence-electron chi connectivity index (χ4n) is 2.28. The Kier molecular flexibility index (Phi) is 10.9. The van der Waals surface area contributed by atoms with E-state index in [1.807, 2.05) is 37.4 Å². The summed E-state index contributed by atoms with van der Waals surface area (Å²) in [5.74, 6) is -0.0155. The highest BCUT2D eigenvalue weighted by Crippen LogP contribution is 2.15. The number of carbonyl (C=O) groups is 1. The second-order valence-electron chi connectivity index (χ2n) is 5.92. The van der Waals surface area contributed by atoms with Crippen molar-refractivity contribution in [3.05, 3.63) is 52.0 Å². The quantitative estimate of drug-likeness (QED) is 0.704. The van der Waals surface area contributed by atoms with Crippen LogP contribution in [-0.4, -0.2) is 23.0 Å². The molecule has 0 aliphatic heterocycles. The number of hydrogen-bond donors (Lipinski definition) is 2. The molecule has 0 saturated heterocycles. The van der Waals surface area contributed by atoms with Crippen molar-refractivity contribution in [1.29, 1.82) is 0 Å². The summed E-state index contributed by atoms with van der Waals surface area (Å²) in [7, 11) is 0. The molecule has 1 aromatic heterocycles. The standard InChI is InChI=1S/C18H25N3OS.2ClH/c1-3-18(19,4-2)13-20-16(22)11-15-12-23-17(21-15)10-14-8-6-5-7-9-14;;/h5-9,12H,3-4,10-11,13,19H2,1-2H3,(H,20,22);2*1H. The number of benzene rings is 1. The van der Waals surface area contributed by atoms with E-state index in [-0.39, 0.29) is 36.3 Å². The van der Waals surface area contributed by atoms with Crippen LogP contribution in [0, 0.1) is 0 Å². The van der Waals surface area contributed by atoms with Gasteiger partial charge in [0.2, 0.25) is 5.91 Å². The summed E-state index contributed by atoms with van der Waals surface area (Å²) in [5.41, 5.74) is 7.95. The fourth-order valence-corrected chi connectivity index (χ4v) is 3.11. The van der Waals surface area contributed by atoms with Gasteiger partial charge in [-0.05, 0) is 18.4 Å². The first-order chi connectivity index (χ1) is 11.0. The maximum Gasteiger partial charge on any atom is 0.226 e. The van der Waals surface area contributed by atoms with Crippen LogP contribution in [-0.2, 0) is 17.6 Å². The van der Waals surface area contributed by atoms with Crippen LogP contribution in [0.2, 0.25) is 0 Å². The Balaban J connectivity index is 0.00000288. The predicted molar refractivity (Wildman–Crippen MR) is 110 cm³/mol. The molecule has 0 bridgehead atoms. The van der Waals surface area contributed by atoms with Gasteiger partial charge in [0.1, 0.15) is 0 Å². The number of nitrogens with two attached hydrogens (primary N) is 1. The van der Waals surface area contributed by atoms with Crippen molar-refractivity contribution in [3.8, 4) is 0 Å². The van der Waals surface area contributed by atoms with Gasteiger partial charge in [0, 0.05) is 23.9 Å². The lowest BCUT2D eigenvalue weighted by molar-refractivity contribution is -0.120. The molecule has 3 N–H and O–H groups in total. The molecule has 0 aliphatic rings. The molecular formula is C18H27Cl2N3OS. The van der Waals surface area contributed by atoms with Crippen molar-refractivity contribution in [2.45, 2.75) is 45.1 Å². The molecular weight excluding hydrogens is 377 g/mol. The Hall–Kier alpha value is -1.14. The molecule has 0 saturated carbocycles. The van der Waals surface area contributed by atoms with E-state index in [2.05, 4.69) is 22.4 Å². The van der Waals surface area contributed by atoms with E-state index in [9.17, 15) is 4.79 Å². The average Bonchev–Trinajstić information content (AvgIpc) is 3.00. The van der Waals surface area contributed by atoms with Gasteiger partial charge >= 0.3 is 0 Å². The number of rotatable bonds is 8. The van der Waals surface area contributed by atoms with Crippen LogP contribution in [0.15, 0.2) is 35.7 Å². The minimum Gasteiger partial charge on any atom is -0.354 e. The van der Waals surface area contributed by atoms with E-state index >= 15 is 0 Å². The SMILES string of the molecule is CCC(N)(CC)CNC(=O)Cc1csc(Cc2ccccc2)n1.Cl.Cl. The van der Waals surface area contributed by atoms with Gasteiger partial charge in [0.05, 0.1) is 17.1 Å². The zero-order valence-electron chi connectivity index (χ0n) is 14.7. The molecule has 25 heavy (non-hydrogen) atoms. The summed E-state index contributed by atoms with van der Waals surface area (Å²) >= 11 is 1.60. The number of hydrogen-bond acceptors (Lipinski definition) is 4. The van der Waals surface area contributed by atoms with E-state index in [4.69, 9.17) is 5.73 Å². The van der Waals surface area contributed by atoms with Crippen molar-refractivity contribution in [3.63, 3.8) is 0 Å². The van der Waals surface area contributed by atoms with Crippen LogP contribution in [0.4, 0.5) is 0 Å². The van der Waals surface area contributed by atoms with Gasteiger partial charge in [0.15, 0.2) is 0 Å². The number of carbonyl (C=O) groups excluding carboxylic acids is 1. The maximum atomic E-state index is 12.1. The number of halogens is 2. The van der Waals surface area contributed by atoms with Gasteiger partial charge in [-0.15, -0.1) is 36.2 Å². The van der Waals surface area contributed by atoms with Gasteiger partial charge in [-0.25, -0.2) is 4.98 Å². The molecule has 4 nitrogen and oxygen atoms in total. The second-order valence-corrected chi connectivity index (χ2v) is 6.86. The van der Waals surface area contributed by atoms with E-state index in [1.165, 1.54) is 5.56 Å². The van der Waals surface area contributed by atoms with Gasteiger partial charge in [0.25, 0.3) is 0 Å². The molecule has 7 heteroatoms. The van der Waals surface area contributed by atoms with Crippen molar-refractivity contribution >= 4 is 42.1 Å². The van der Waals surface area contributed by atoms with Crippen molar-refractivity contribution in [1.82, 2.24) is 10.3 Å². The lowest BCUT2D eigenvalue weighted by atomic mass is 9.94. The molecule has 0 atom stereocenters. The smallest absolute Gasteiger partial charge is 0.226 e. The largest absolute Gasteiger partial charge is 0.354 e. The molecule has 0 aliphatic carbocycles. The summed E-state index contributed by atoms with van der Waals surface area (Å²) in [6.45, 7) is 4.61. The van der Waals surface area contributed by atoms with Crippen molar-refractivity contribution in [2.75, 3.05) is 6.54 Å². The number of aromatic nitrogens is 1. The molecule has 1 aromatic carbocycles. The third kappa shape index (κ3) is 7.74. The van der Waals surface area contributed by atoms with E-state index in [1.54, 1.807) is 11.3 Å². The normalized spacial score (nSPS) is 10.5. The monoisotopic (exact) mass is 403 g/mol. The Morgan fingerprint density at radius 2 is 1.84 bits per heavy atom. The second kappa shape index (κ2) is 11.5. The highest BCUT2D eigenvalue weighted by molar-refractivity contribution is 7.09. The molecule has 0 spiro atoms. The number of thiazole rings is 1. The Morgan fingerprint density at radius 1 is 1.20 bits per heavy atom. The molecule has 2 rings (SSSR count). The first-order valence-electron chi connectivity index (χ1n) is 8.07. The van der Waals surface area contributed by atoms with Crippen LogP contribution in [0.5, 0.6) is 0 Å². The summed E-state index contributed by atoms with van der Waals surface area (Å²) in [6.07, 6.45) is 2.82. The zero-order valence-corrected chi connectivity index (χ0v) is 17.1. The minimum absolute atomic E-state index is 0. The zero-order chi connectivity index (χ0) is 16.7. The van der Waals surface area contributed by atoms with Crippen LogP contribution < -0.4 is 11.1 Å². The molecule has 1 amide bonds. The Labute approximate surface area is 166 Å². The van der Waals surface area contributed by atoms with Gasteiger partial charge in [-0.2, -0.15) is 0 Å². The first kappa shape index (κ1) is 23.9. The van der Waals surface area contributed by atoms with Crippen LogP contribution >= 0.6 is 36.2 Å².